The minimum atomic E-state index is -4.39. The molecule has 0 aliphatic heterocycles. The highest BCUT2D eigenvalue weighted by Crippen LogP contribution is 2.32. The van der Waals surface area contributed by atoms with Crippen molar-refractivity contribution in [1.82, 2.24) is 0 Å². The van der Waals surface area contributed by atoms with Gasteiger partial charge in [0.15, 0.2) is 5.78 Å². The molecule has 0 aromatic heterocycles. The zero-order valence-electron chi connectivity index (χ0n) is 6.93. The SMILES string of the molecule is O=C1C=Cc2ccc(C(F)(F)F)cc21. The maximum atomic E-state index is 12.3. The van der Waals surface area contributed by atoms with Gasteiger partial charge in [-0.2, -0.15) is 13.2 Å². The van der Waals surface area contributed by atoms with Gasteiger partial charge in [-0.1, -0.05) is 12.1 Å². The number of hydrogen-bond donors (Lipinski definition) is 0. The van der Waals surface area contributed by atoms with E-state index in [4.69, 9.17) is 0 Å². The number of rotatable bonds is 0. The van der Waals surface area contributed by atoms with E-state index in [-0.39, 0.29) is 11.3 Å². The normalized spacial score (nSPS) is 14.6. The molecule has 1 aliphatic carbocycles. The van der Waals surface area contributed by atoms with Crippen molar-refractivity contribution in [1.29, 1.82) is 0 Å². The zero-order chi connectivity index (χ0) is 10.3. The Balaban J connectivity index is 2.53. The van der Waals surface area contributed by atoms with Crippen LogP contribution in [0.25, 0.3) is 6.08 Å². The molecule has 0 spiro atoms. The molecule has 4 heteroatoms. The summed E-state index contributed by atoms with van der Waals surface area (Å²) in [5.41, 5.74) is -0.115. The first-order valence-electron chi connectivity index (χ1n) is 3.92. The van der Waals surface area contributed by atoms with Crippen LogP contribution in [-0.4, -0.2) is 5.78 Å². The van der Waals surface area contributed by atoms with Crippen LogP contribution in [0.1, 0.15) is 21.5 Å². The molecule has 0 radical (unpaired) electrons. The molecular weight excluding hydrogens is 193 g/mol. The molecule has 0 saturated heterocycles. The van der Waals surface area contributed by atoms with Crippen LogP contribution in [0.5, 0.6) is 0 Å². The molecule has 0 saturated carbocycles. The highest BCUT2D eigenvalue weighted by molar-refractivity contribution is 6.13. The summed E-state index contributed by atoms with van der Waals surface area (Å²) in [6, 6.07) is 3.17. The summed E-state index contributed by atoms with van der Waals surface area (Å²) in [5, 5.41) is 0. The lowest BCUT2D eigenvalue weighted by atomic mass is 10.1. The van der Waals surface area contributed by atoms with Gasteiger partial charge in [-0.15, -0.1) is 0 Å². The number of carbonyl (C=O) groups is 1. The highest BCUT2D eigenvalue weighted by atomic mass is 19.4. The largest absolute Gasteiger partial charge is 0.416 e. The van der Waals surface area contributed by atoms with Gasteiger partial charge in [-0.25, -0.2) is 0 Å². The minimum Gasteiger partial charge on any atom is -0.289 e. The molecule has 14 heavy (non-hydrogen) atoms. The third-order valence-corrected chi connectivity index (χ3v) is 2.06. The fourth-order valence-electron chi connectivity index (χ4n) is 1.35. The lowest BCUT2D eigenvalue weighted by Gasteiger charge is -2.07. The summed E-state index contributed by atoms with van der Waals surface area (Å²) in [6.07, 6.45) is -1.61. The van der Waals surface area contributed by atoms with Gasteiger partial charge in [0, 0.05) is 5.56 Å². The van der Waals surface area contributed by atoms with E-state index in [1.54, 1.807) is 0 Å². The number of allylic oxidation sites excluding steroid dienone is 1. The lowest BCUT2D eigenvalue weighted by Crippen LogP contribution is -2.06. The highest BCUT2D eigenvalue weighted by Gasteiger charge is 2.31. The Morgan fingerprint density at radius 1 is 1.07 bits per heavy atom. The molecule has 1 aromatic carbocycles. The van der Waals surface area contributed by atoms with Crippen molar-refractivity contribution >= 4 is 11.9 Å². The summed E-state index contributed by atoms with van der Waals surface area (Å²) in [6.45, 7) is 0. The van der Waals surface area contributed by atoms with Crippen LogP contribution in [0.2, 0.25) is 0 Å². The number of carbonyl (C=O) groups excluding carboxylic acids is 1. The first-order valence-corrected chi connectivity index (χ1v) is 3.92. The number of ketones is 1. The van der Waals surface area contributed by atoms with Crippen molar-refractivity contribution in [3.8, 4) is 0 Å². The fourth-order valence-corrected chi connectivity index (χ4v) is 1.35. The van der Waals surface area contributed by atoms with Gasteiger partial charge in [0.1, 0.15) is 0 Å². The number of halogens is 3. The van der Waals surface area contributed by atoms with E-state index in [2.05, 4.69) is 0 Å². The van der Waals surface area contributed by atoms with Crippen molar-refractivity contribution in [3.05, 3.63) is 41.0 Å². The van der Waals surface area contributed by atoms with E-state index >= 15 is 0 Å². The predicted octanol–water partition coefficient (Wildman–Crippen LogP) is 2.91. The number of fused-ring (bicyclic) bond motifs is 1. The first kappa shape index (κ1) is 8.99. The Hall–Kier alpha value is -1.58. The molecule has 1 nitrogen and oxygen atoms in total. The fraction of sp³-hybridized carbons (Fsp3) is 0.100. The van der Waals surface area contributed by atoms with Crippen molar-refractivity contribution in [3.63, 3.8) is 0 Å². The first-order chi connectivity index (χ1) is 6.48. The van der Waals surface area contributed by atoms with Crippen LogP contribution >= 0.6 is 0 Å². The van der Waals surface area contributed by atoms with E-state index < -0.39 is 11.7 Å². The Kier molecular flexibility index (Phi) is 1.74. The number of hydrogen-bond acceptors (Lipinski definition) is 1. The molecule has 0 bridgehead atoms. The molecule has 0 unspecified atom stereocenters. The van der Waals surface area contributed by atoms with Gasteiger partial charge in [0.25, 0.3) is 0 Å². The monoisotopic (exact) mass is 198 g/mol. The van der Waals surface area contributed by atoms with Crippen molar-refractivity contribution in [2.75, 3.05) is 0 Å². The summed E-state index contributed by atoms with van der Waals surface area (Å²) in [7, 11) is 0. The van der Waals surface area contributed by atoms with Crippen molar-refractivity contribution in [2.24, 2.45) is 0 Å². The lowest BCUT2D eigenvalue weighted by molar-refractivity contribution is -0.137. The molecule has 0 atom stereocenters. The quantitative estimate of drug-likeness (QED) is 0.626. The second kappa shape index (κ2) is 2.70. The molecule has 1 aromatic rings. The van der Waals surface area contributed by atoms with Crippen LogP contribution in [0.4, 0.5) is 13.2 Å². The summed E-state index contributed by atoms with van der Waals surface area (Å²) in [5.74, 6) is -0.369. The molecule has 0 heterocycles. The van der Waals surface area contributed by atoms with E-state index in [1.165, 1.54) is 18.2 Å². The average Bonchev–Trinajstić information content (AvgIpc) is 2.46. The van der Waals surface area contributed by atoms with E-state index in [0.29, 0.717) is 5.56 Å². The van der Waals surface area contributed by atoms with Crippen LogP contribution in [0.3, 0.4) is 0 Å². The second-order valence-electron chi connectivity index (χ2n) is 3.00. The van der Waals surface area contributed by atoms with Crippen LogP contribution in [-0.2, 0) is 6.18 Å². The minimum absolute atomic E-state index is 0.125. The summed E-state index contributed by atoms with van der Waals surface area (Å²) in [4.78, 5) is 11.1. The molecule has 2 rings (SSSR count). The Bertz CT molecular complexity index is 429. The molecule has 0 N–H and O–H groups in total. The maximum Gasteiger partial charge on any atom is 0.416 e. The van der Waals surface area contributed by atoms with Crippen molar-refractivity contribution in [2.45, 2.75) is 6.18 Å². The topological polar surface area (TPSA) is 17.1 Å². The van der Waals surface area contributed by atoms with Gasteiger partial charge in [-0.3, -0.25) is 4.79 Å². The molecule has 0 fully saturated rings. The summed E-state index contributed by atoms with van der Waals surface area (Å²) >= 11 is 0. The zero-order valence-corrected chi connectivity index (χ0v) is 6.93. The van der Waals surface area contributed by atoms with Gasteiger partial charge < -0.3 is 0 Å². The van der Waals surface area contributed by atoms with Gasteiger partial charge in [-0.05, 0) is 23.8 Å². The summed E-state index contributed by atoms with van der Waals surface area (Å²) < 4.78 is 36.8. The third-order valence-electron chi connectivity index (χ3n) is 2.06. The average molecular weight is 198 g/mol. The Morgan fingerprint density at radius 3 is 2.43 bits per heavy atom. The third kappa shape index (κ3) is 1.32. The van der Waals surface area contributed by atoms with Gasteiger partial charge >= 0.3 is 6.18 Å². The van der Waals surface area contributed by atoms with E-state index in [1.807, 2.05) is 0 Å². The van der Waals surface area contributed by atoms with Crippen LogP contribution in [0.15, 0.2) is 24.3 Å². The Morgan fingerprint density at radius 2 is 1.79 bits per heavy atom. The smallest absolute Gasteiger partial charge is 0.289 e. The van der Waals surface area contributed by atoms with Gasteiger partial charge in [0.2, 0.25) is 0 Å². The maximum absolute atomic E-state index is 12.3. The predicted molar refractivity (Wildman–Crippen MR) is 44.8 cm³/mol. The standard InChI is InChI=1S/C10H5F3O/c11-10(12,13)7-3-1-6-2-4-9(14)8(6)5-7/h1-5H. The van der Waals surface area contributed by atoms with E-state index in [0.717, 1.165) is 12.1 Å². The van der Waals surface area contributed by atoms with Gasteiger partial charge in [0.05, 0.1) is 5.56 Å². The number of benzene rings is 1. The molecular formula is C10H5F3O. The molecule has 0 amide bonds. The number of alkyl halides is 3. The van der Waals surface area contributed by atoms with Crippen molar-refractivity contribution < 1.29 is 18.0 Å². The van der Waals surface area contributed by atoms with Crippen LogP contribution in [0, 0.1) is 0 Å². The molecule has 1 aliphatic rings. The van der Waals surface area contributed by atoms with Crippen LogP contribution < -0.4 is 0 Å². The molecule has 72 valence electrons. The Labute approximate surface area is 77.9 Å². The second-order valence-corrected chi connectivity index (χ2v) is 3.00. The van der Waals surface area contributed by atoms with E-state index in [9.17, 15) is 18.0 Å².